The van der Waals surface area contributed by atoms with E-state index in [-0.39, 0.29) is 11.4 Å². The van der Waals surface area contributed by atoms with Crippen LogP contribution in [0.3, 0.4) is 0 Å². The molecule has 8 heteroatoms. The maximum Gasteiger partial charge on any atom is 0.290 e. The van der Waals surface area contributed by atoms with Crippen molar-refractivity contribution in [1.82, 2.24) is 9.80 Å². The molecular weight excluding hydrogens is 392 g/mol. The van der Waals surface area contributed by atoms with Crippen LogP contribution < -0.4 is 9.47 Å². The van der Waals surface area contributed by atoms with Crippen LogP contribution in [-0.2, 0) is 4.79 Å². The number of nitrogens with zero attached hydrogens (tertiary/aromatic N) is 2. The lowest BCUT2D eigenvalue weighted by Gasteiger charge is -2.29. The number of likely N-dealkylation sites (N-methyl/N-ethyl adjacent to an activating group) is 1. The van der Waals surface area contributed by atoms with E-state index in [0.717, 1.165) is 0 Å². The Hall–Kier alpha value is -2.84. The number of carbonyl (C=O) groups excluding carboxylic acids is 2. The minimum absolute atomic E-state index is 0.0581. The van der Waals surface area contributed by atoms with E-state index in [0.29, 0.717) is 35.0 Å². The molecule has 154 valence electrons. The fourth-order valence-electron chi connectivity index (χ4n) is 3.34. The third-order valence-corrected chi connectivity index (χ3v) is 5.68. The van der Waals surface area contributed by atoms with E-state index in [4.69, 9.17) is 9.47 Å². The van der Waals surface area contributed by atoms with Crippen LogP contribution in [0.2, 0.25) is 0 Å². The van der Waals surface area contributed by atoms with Gasteiger partial charge in [0.15, 0.2) is 5.76 Å². The van der Waals surface area contributed by atoms with Crippen LogP contribution in [0.25, 0.3) is 0 Å². The Balaban J connectivity index is 2.15. The number of methoxy groups -OCH3 is 2. The number of ketones is 1. The smallest absolute Gasteiger partial charge is 0.290 e. The van der Waals surface area contributed by atoms with Crippen LogP contribution in [-0.4, -0.2) is 68.0 Å². The first-order chi connectivity index (χ1) is 13.9. The minimum Gasteiger partial charge on any atom is -0.503 e. The van der Waals surface area contributed by atoms with Crippen LogP contribution in [0.4, 0.5) is 0 Å². The third-order valence-electron chi connectivity index (χ3n) is 4.81. The van der Waals surface area contributed by atoms with Crippen molar-refractivity contribution in [3.05, 3.63) is 57.5 Å². The summed E-state index contributed by atoms with van der Waals surface area (Å²) >= 11 is 1.27. The van der Waals surface area contributed by atoms with Gasteiger partial charge in [0.2, 0.25) is 5.78 Å². The molecule has 0 aliphatic carbocycles. The SMILES string of the molecule is COc1ccc(OC)c([C@H]2C(C(=O)c3cccs3)=C(O)C(=O)N2CCN(C)C)c1. The molecule has 1 aliphatic heterocycles. The number of benzene rings is 1. The molecule has 0 bridgehead atoms. The van der Waals surface area contributed by atoms with Gasteiger partial charge in [0, 0.05) is 18.7 Å². The molecule has 1 N–H and O–H groups in total. The van der Waals surface area contributed by atoms with Gasteiger partial charge in [-0.05, 0) is 43.7 Å². The second kappa shape index (κ2) is 8.67. The molecule has 0 radical (unpaired) electrons. The van der Waals surface area contributed by atoms with E-state index in [1.54, 1.807) is 42.8 Å². The normalized spacial score (nSPS) is 16.7. The lowest BCUT2D eigenvalue weighted by atomic mass is 9.94. The van der Waals surface area contributed by atoms with Crippen molar-refractivity contribution < 1.29 is 24.2 Å². The summed E-state index contributed by atoms with van der Waals surface area (Å²) in [7, 11) is 6.86. The van der Waals surface area contributed by atoms with E-state index < -0.39 is 17.7 Å². The van der Waals surface area contributed by atoms with Crippen molar-refractivity contribution in [1.29, 1.82) is 0 Å². The van der Waals surface area contributed by atoms with Gasteiger partial charge in [-0.15, -0.1) is 11.3 Å². The monoisotopic (exact) mass is 416 g/mol. The van der Waals surface area contributed by atoms with Gasteiger partial charge in [-0.3, -0.25) is 9.59 Å². The maximum atomic E-state index is 13.2. The van der Waals surface area contributed by atoms with Crippen molar-refractivity contribution in [2.75, 3.05) is 41.4 Å². The largest absolute Gasteiger partial charge is 0.503 e. The predicted molar refractivity (Wildman–Crippen MR) is 111 cm³/mol. The molecule has 1 aliphatic rings. The predicted octanol–water partition coefficient (Wildman–Crippen LogP) is 2.91. The number of amides is 1. The number of hydrogen-bond acceptors (Lipinski definition) is 7. The van der Waals surface area contributed by atoms with Gasteiger partial charge < -0.3 is 24.4 Å². The Morgan fingerprint density at radius 2 is 2.00 bits per heavy atom. The first-order valence-corrected chi connectivity index (χ1v) is 9.96. The van der Waals surface area contributed by atoms with Crippen molar-refractivity contribution in [3.8, 4) is 11.5 Å². The Labute approximate surface area is 173 Å². The number of hydrogen-bond donors (Lipinski definition) is 1. The average Bonchev–Trinajstić information content (AvgIpc) is 3.33. The summed E-state index contributed by atoms with van der Waals surface area (Å²) < 4.78 is 10.8. The van der Waals surface area contributed by atoms with Crippen molar-refractivity contribution >= 4 is 23.0 Å². The first-order valence-electron chi connectivity index (χ1n) is 9.08. The molecule has 2 heterocycles. The molecule has 0 saturated heterocycles. The summed E-state index contributed by atoms with van der Waals surface area (Å²) in [5.74, 6) is -0.383. The zero-order chi connectivity index (χ0) is 21.1. The summed E-state index contributed by atoms with van der Waals surface area (Å²) in [6.07, 6.45) is 0. The van der Waals surface area contributed by atoms with Crippen LogP contribution in [0.15, 0.2) is 47.0 Å². The number of rotatable bonds is 8. The summed E-state index contributed by atoms with van der Waals surface area (Å²) in [6, 6.07) is 7.87. The second-order valence-electron chi connectivity index (χ2n) is 6.88. The molecule has 3 rings (SSSR count). The topological polar surface area (TPSA) is 79.3 Å². The van der Waals surface area contributed by atoms with Gasteiger partial charge >= 0.3 is 0 Å². The van der Waals surface area contributed by atoms with Gasteiger partial charge in [-0.2, -0.15) is 0 Å². The van der Waals surface area contributed by atoms with E-state index in [2.05, 4.69) is 0 Å². The molecule has 7 nitrogen and oxygen atoms in total. The maximum absolute atomic E-state index is 13.2. The molecule has 0 saturated carbocycles. The zero-order valence-electron chi connectivity index (χ0n) is 16.8. The standard InChI is InChI=1S/C21H24N2O5S/c1-22(2)9-10-23-18(14-12-13(27-3)7-8-15(14)28-4)17(20(25)21(23)26)19(24)16-6-5-11-29-16/h5-8,11-12,18,25H,9-10H2,1-4H3/t18-/m0/s1. The number of ether oxygens (including phenoxy) is 2. The van der Waals surface area contributed by atoms with Crippen LogP contribution >= 0.6 is 11.3 Å². The molecule has 0 fully saturated rings. The Bertz CT molecular complexity index is 937. The number of aliphatic hydroxyl groups is 1. The number of Topliss-reactive ketones (excluding diaryl/α,β-unsaturated/α-hetero) is 1. The molecule has 1 atom stereocenters. The van der Waals surface area contributed by atoms with E-state index in [1.807, 2.05) is 19.0 Å². The van der Waals surface area contributed by atoms with Gasteiger partial charge in [0.05, 0.1) is 30.7 Å². The van der Waals surface area contributed by atoms with Crippen LogP contribution in [0, 0.1) is 0 Å². The molecule has 2 aromatic rings. The average molecular weight is 416 g/mol. The number of aliphatic hydroxyl groups excluding tert-OH is 1. The molecule has 1 amide bonds. The first kappa shape index (κ1) is 20.9. The minimum atomic E-state index is -0.776. The Morgan fingerprint density at radius 1 is 1.24 bits per heavy atom. The molecule has 0 spiro atoms. The van der Waals surface area contributed by atoms with Crippen molar-refractivity contribution in [3.63, 3.8) is 0 Å². The second-order valence-corrected chi connectivity index (χ2v) is 7.83. The highest BCUT2D eigenvalue weighted by molar-refractivity contribution is 7.12. The summed E-state index contributed by atoms with van der Waals surface area (Å²) in [6.45, 7) is 0.907. The van der Waals surface area contributed by atoms with Gasteiger partial charge in [-0.25, -0.2) is 0 Å². The van der Waals surface area contributed by atoms with E-state index in [1.165, 1.54) is 23.3 Å². The molecule has 0 unspecified atom stereocenters. The molecule has 29 heavy (non-hydrogen) atoms. The zero-order valence-corrected chi connectivity index (χ0v) is 17.7. The highest BCUT2D eigenvalue weighted by Gasteiger charge is 2.45. The summed E-state index contributed by atoms with van der Waals surface area (Å²) in [5, 5.41) is 12.5. The van der Waals surface area contributed by atoms with Crippen molar-refractivity contribution in [2.24, 2.45) is 0 Å². The highest BCUT2D eigenvalue weighted by atomic mass is 32.1. The fourth-order valence-corrected chi connectivity index (χ4v) is 4.02. The Morgan fingerprint density at radius 3 is 2.59 bits per heavy atom. The van der Waals surface area contributed by atoms with E-state index >= 15 is 0 Å². The molecule has 1 aromatic heterocycles. The lowest BCUT2D eigenvalue weighted by Crippen LogP contribution is -2.36. The van der Waals surface area contributed by atoms with Crippen molar-refractivity contribution in [2.45, 2.75) is 6.04 Å². The van der Waals surface area contributed by atoms with E-state index in [9.17, 15) is 14.7 Å². The molecular formula is C21H24N2O5S. The summed E-state index contributed by atoms with van der Waals surface area (Å²) in [5.41, 5.74) is 0.644. The lowest BCUT2D eigenvalue weighted by molar-refractivity contribution is -0.129. The highest BCUT2D eigenvalue weighted by Crippen LogP contribution is 2.43. The van der Waals surface area contributed by atoms with Crippen LogP contribution in [0.1, 0.15) is 21.3 Å². The fraction of sp³-hybridized carbons (Fsp3) is 0.333. The Kier molecular flexibility index (Phi) is 6.24. The van der Waals surface area contributed by atoms with Crippen LogP contribution in [0.5, 0.6) is 11.5 Å². The van der Waals surface area contributed by atoms with Gasteiger partial charge in [-0.1, -0.05) is 6.07 Å². The van der Waals surface area contributed by atoms with Gasteiger partial charge in [0.1, 0.15) is 11.5 Å². The molecule has 1 aromatic carbocycles. The number of thiophene rings is 1. The summed E-state index contributed by atoms with van der Waals surface area (Å²) in [4.78, 5) is 30.0. The third kappa shape index (κ3) is 3.99. The number of carbonyl (C=O) groups is 2. The van der Waals surface area contributed by atoms with Gasteiger partial charge in [0.25, 0.3) is 5.91 Å². The quantitative estimate of drug-likeness (QED) is 0.667.